The lowest BCUT2D eigenvalue weighted by atomic mass is 10.1. The number of rotatable bonds is 6. The summed E-state index contributed by atoms with van der Waals surface area (Å²) >= 11 is 0. The number of nitro groups is 1. The summed E-state index contributed by atoms with van der Waals surface area (Å²) in [6, 6.07) is 9.63. The Labute approximate surface area is 156 Å². The minimum atomic E-state index is -4.71. The van der Waals surface area contributed by atoms with Crippen molar-refractivity contribution in [2.75, 3.05) is 6.54 Å². The van der Waals surface area contributed by atoms with Crippen LogP contribution in [0.25, 0.3) is 0 Å². The average Bonchev–Trinajstić information content (AvgIpc) is 2.65. The molecule has 0 radical (unpaired) electrons. The number of nitrogens with zero attached hydrogens (tertiary/aromatic N) is 2. The minimum Gasteiger partial charge on any atom is -0.343 e. The molecule has 28 heavy (non-hydrogen) atoms. The van der Waals surface area contributed by atoms with Gasteiger partial charge in [0.1, 0.15) is 0 Å². The van der Waals surface area contributed by atoms with Crippen molar-refractivity contribution in [1.82, 2.24) is 10.7 Å². The Kier molecular flexibility index (Phi) is 6.42. The van der Waals surface area contributed by atoms with Crippen LogP contribution >= 0.6 is 0 Å². The summed E-state index contributed by atoms with van der Waals surface area (Å²) in [6.07, 6.45) is -3.57. The number of hydrogen-bond donors (Lipinski definition) is 2. The van der Waals surface area contributed by atoms with E-state index in [1.165, 1.54) is 30.3 Å². The van der Waals surface area contributed by atoms with Crippen LogP contribution in [-0.2, 0) is 11.0 Å². The standard InChI is InChI=1S/C17H13F3N4O4/c18-17(19,20)14-7-2-1-6-13(14)16(26)21-10-15(25)23-22-9-11-4-3-5-12(8-11)24(27)28/h1-9H,10H2,(H,21,26)(H,23,25)/b22-9+. The van der Waals surface area contributed by atoms with Gasteiger partial charge >= 0.3 is 6.18 Å². The Morgan fingerprint density at radius 2 is 1.86 bits per heavy atom. The van der Waals surface area contributed by atoms with Crippen molar-refractivity contribution < 1.29 is 27.7 Å². The molecule has 0 atom stereocenters. The molecule has 11 heteroatoms. The number of carbonyl (C=O) groups is 2. The van der Waals surface area contributed by atoms with Crippen LogP contribution in [0.5, 0.6) is 0 Å². The van der Waals surface area contributed by atoms with Gasteiger partial charge in [0.25, 0.3) is 17.5 Å². The predicted molar refractivity (Wildman–Crippen MR) is 92.6 cm³/mol. The van der Waals surface area contributed by atoms with E-state index in [4.69, 9.17) is 0 Å². The summed E-state index contributed by atoms with van der Waals surface area (Å²) in [4.78, 5) is 33.7. The van der Waals surface area contributed by atoms with Gasteiger partial charge in [0.05, 0.1) is 28.8 Å². The second-order valence-electron chi connectivity index (χ2n) is 5.37. The van der Waals surface area contributed by atoms with Gasteiger partial charge in [-0.05, 0) is 12.1 Å². The summed E-state index contributed by atoms with van der Waals surface area (Å²) in [5, 5.41) is 16.3. The van der Waals surface area contributed by atoms with Gasteiger partial charge in [0.2, 0.25) is 0 Å². The Morgan fingerprint density at radius 1 is 1.14 bits per heavy atom. The third-order valence-electron chi connectivity index (χ3n) is 3.37. The molecule has 2 rings (SSSR count). The maximum atomic E-state index is 12.9. The molecule has 0 saturated carbocycles. The number of hydrogen-bond acceptors (Lipinski definition) is 5. The third kappa shape index (κ3) is 5.62. The molecule has 0 heterocycles. The van der Waals surface area contributed by atoms with Crippen LogP contribution in [0.1, 0.15) is 21.5 Å². The zero-order chi connectivity index (χ0) is 20.7. The first-order valence-electron chi connectivity index (χ1n) is 7.69. The third-order valence-corrected chi connectivity index (χ3v) is 3.37. The Morgan fingerprint density at radius 3 is 2.54 bits per heavy atom. The van der Waals surface area contributed by atoms with Crippen LogP contribution in [0.3, 0.4) is 0 Å². The van der Waals surface area contributed by atoms with Gasteiger partial charge in [0, 0.05) is 17.7 Å². The van der Waals surface area contributed by atoms with Crippen molar-refractivity contribution in [2.24, 2.45) is 5.10 Å². The minimum absolute atomic E-state index is 0.161. The molecule has 0 aliphatic carbocycles. The summed E-state index contributed by atoms with van der Waals surface area (Å²) in [5.74, 6) is -1.86. The fourth-order valence-electron chi connectivity index (χ4n) is 2.12. The van der Waals surface area contributed by atoms with Crippen molar-refractivity contribution >= 4 is 23.7 Å². The lowest BCUT2D eigenvalue weighted by Gasteiger charge is -2.12. The number of nitro benzene ring substituents is 1. The van der Waals surface area contributed by atoms with Crippen LogP contribution in [0.2, 0.25) is 0 Å². The molecule has 0 aliphatic heterocycles. The fraction of sp³-hybridized carbons (Fsp3) is 0.118. The Balaban J connectivity index is 1.92. The highest BCUT2D eigenvalue weighted by molar-refractivity contribution is 5.98. The molecular weight excluding hydrogens is 381 g/mol. The van der Waals surface area contributed by atoms with Crippen molar-refractivity contribution in [1.29, 1.82) is 0 Å². The first kappa shape index (κ1) is 20.6. The summed E-state index contributed by atoms with van der Waals surface area (Å²) in [6.45, 7) is -0.614. The first-order valence-corrected chi connectivity index (χ1v) is 7.69. The number of non-ortho nitro benzene ring substituents is 1. The molecule has 8 nitrogen and oxygen atoms in total. The maximum absolute atomic E-state index is 12.9. The van der Waals surface area contributed by atoms with Crippen LogP contribution in [0, 0.1) is 10.1 Å². The Bertz CT molecular complexity index is 929. The van der Waals surface area contributed by atoms with E-state index in [0.29, 0.717) is 5.56 Å². The number of halogens is 3. The summed E-state index contributed by atoms with van der Waals surface area (Å²) < 4.78 is 38.7. The van der Waals surface area contributed by atoms with Gasteiger partial charge in [-0.15, -0.1) is 0 Å². The molecule has 2 aromatic carbocycles. The molecule has 0 fully saturated rings. The fourth-order valence-corrected chi connectivity index (χ4v) is 2.12. The highest BCUT2D eigenvalue weighted by atomic mass is 19.4. The zero-order valence-electron chi connectivity index (χ0n) is 14.1. The van der Waals surface area contributed by atoms with Crippen molar-refractivity contribution in [3.8, 4) is 0 Å². The first-order chi connectivity index (χ1) is 13.2. The summed E-state index contributed by atoms with van der Waals surface area (Å²) in [7, 11) is 0. The molecule has 2 N–H and O–H groups in total. The molecule has 0 saturated heterocycles. The van der Waals surface area contributed by atoms with Gasteiger partial charge in [0.15, 0.2) is 0 Å². The number of amides is 2. The lowest BCUT2D eigenvalue weighted by Crippen LogP contribution is -2.35. The molecule has 0 bridgehead atoms. The number of benzene rings is 2. The van der Waals surface area contributed by atoms with E-state index >= 15 is 0 Å². The van der Waals surface area contributed by atoms with E-state index in [9.17, 15) is 32.9 Å². The van der Waals surface area contributed by atoms with Crippen LogP contribution in [-0.4, -0.2) is 29.5 Å². The molecule has 0 aliphatic rings. The van der Waals surface area contributed by atoms with E-state index in [1.807, 2.05) is 0 Å². The smallest absolute Gasteiger partial charge is 0.343 e. The number of carbonyl (C=O) groups excluding carboxylic acids is 2. The van der Waals surface area contributed by atoms with E-state index in [0.717, 1.165) is 24.4 Å². The predicted octanol–water partition coefficient (Wildman–Crippen LogP) is 2.49. The van der Waals surface area contributed by atoms with Gasteiger partial charge in [-0.3, -0.25) is 19.7 Å². The zero-order valence-corrected chi connectivity index (χ0v) is 14.1. The lowest BCUT2D eigenvalue weighted by molar-refractivity contribution is -0.384. The monoisotopic (exact) mass is 394 g/mol. The van der Waals surface area contributed by atoms with Gasteiger partial charge < -0.3 is 5.32 Å². The van der Waals surface area contributed by atoms with Crippen molar-refractivity contribution in [3.05, 3.63) is 75.3 Å². The normalized spacial score (nSPS) is 11.2. The van der Waals surface area contributed by atoms with Crippen molar-refractivity contribution in [3.63, 3.8) is 0 Å². The van der Waals surface area contributed by atoms with Crippen LogP contribution < -0.4 is 10.7 Å². The van der Waals surface area contributed by atoms with E-state index in [1.54, 1.807) is 0 Å². The van der Waals surface area contributed by atoms with Gasteiger partial charge in [-0.25, -0.2) is 5.43 Å². The quantitative estimate of drug-likeness (QED) is 0.445. The molecule has 0 spiro atoms. The molecule has 2 amide bonds. The number of nitrogens with one attached hydrogen (secondary N) is 2. The van der Waals surface area contributed by atoms with Crippen molar-refractivity contribution in [2.45, 2.75) is 6.18 Å². The molecule has 0 aromatic heterocycles. The Hall–Kier alpha value is -3.76. The number of hydrazone groups is 1. The molecule has 146 valence electrons. The van der Waals surface area contributed by atoms with E-state index < -0.39 is 40.6 Å². The SMILES string of the molecule is O=C(CNC(=O)c1ccccc1C(F)(F)F)N/N=C/c1cccc([N+](=O)[O-])c1. The highest BCUT2D eigenvalue weighted by Gasteiger charge is 2.34. The van der Waals surface area contributed by atoms with Gasteiger partial charge in [-0.2, -0.15) is 18.3 Å². The van der Waals surface area contributed by atoms with E-state index in [2.05, 4.69) is 15.8 Å². The maximum Gasteiger partial charge on any atom is 0.417 e. The molecular formula is C17H13F3N4O4. The van der Waals surface area contributed by atoms with Gasteiger partial charge in [-0.1, -0.05) is 24.3 Å². The molecule has 0 unspecified atom stereocenters. The second-order valence-corrected chi connectivity index (χ2v) is 5.37. The number of alkyl halides is 3. The van der Waals surface area contributed by atoms with E-state index in [-0.39, 0.29) is 5.69 Å². The highest BCUT2D eigenvalue weighted by Crippen LogP contribution is 2.31. The topological polar surface area (TPSA) is 114 Å². The summed E-state index contributed by atoms with van der Waals surface area (Å²) in [5.41, 5.74) is 0.516. The van der Waals surface area contributed by atoms with Crippen LogP contribution in [0.15, 0.2) is 53.6 Å². The average molecular weight is 394 g/mol. The largest absolute Gasteiger partial charge is 0.417 e. The second kappa shape index (κ2) is 8.75. The van der Waals surface area contributed by atoms with Crippen LogP contribution in [0.4, 0.5) is 18.9 Å². The molecule has 2 aromatic rings.